The molecule has 1 aliphatic rings. The minimum Gasteiger partial charge on any atom is -0.457 e. The van der Waals surface area contributed by atoms with E-state index in [2.05, 4.69) is 147 Å². The zero-order valence-electron chi connectivity index (χ0n) is 40.4. The van der Waals surface area contributed by atoms with Gasteiger partial charge in [-0.3, -0.25) is 0 Å². The Balaban J connectivity index is 1.28. The molecular formula is C60H59NO5. The minimum atomic E-state index is -0.718. The maximum atomic E-state index is 13.8. The van der Waals surface area contributed by atoms with E-state index in [0.29, 0.717) is 33.8 Å². The Morgan fingerprint density at radius 1 is 0.500 bits per heavy atom. The number of benzene rings is 8. The molecule has 8 aromatic rings. The first-order valence-electron chi connectivity index (χ1n) is 22.9. The van der Waals surface area contributed by atoms with Crippen LogP contribution in [0.25, 0.3) is 43.1 Å². The van der Waals surface area contributed by atoms with Crippen molar-refractivity contribution in [1.82, 2.24) is 0 Å². The number of ether oxygens (including phenoxy) is 3. The number of nitrogens with zero attached hydrogens (tertiary/aromatic N) is 1. The van der Waals surface area contributed by atoms with E-state index in [0.717, 1.165) is 62.0 Å². The van der Waals surface area contributed by atoms with Crippen molar-refractivity contribution < 1.29 is 23.8 Å². The summed E-state index contributed by atoms with van der Waals surface area (Å²) in [5, 5.41) is 6.48. The van der Waals surface area contributed by atoms with Gasteiger partial charge in [-0.2, -0.15) is 0 Å². The average Bonchev–Trinajstić information content (AvgIpc) is 3.23. The largest absolute Gasteiger partial charge is 0.457 e. The SMILES string of the molecule is CN(C)c1ccc(C#Cc2ccc3c4c(Oc5ccc(C(C)(C)CC(C)(C)C)cc5)cc5c6c(cc(Oc7ccc(C(C)(C)CC(C)(C)C)cc7)c(c7cccc2c73)c64)C(=O)OC5=O)cc1. The minimum absolute atomic E-state index is 0.0630. The monoisotopic (exact) mass is 873 g/mol. The zero-order chi connectivity index (χ0) is 47.1. The molecule has 66 heavy (non-hydrogen) atoms. The summed E-state index contributed by atoms with van der Waals surface area (Å²) in [5.41, 5.74) is 6.00. The number of rotatable bonds is 9. The third-order valence-electron chi connectivity index (χ3n) is 12.9. The van der Waals surface area contributed by atoms with Crippen molar-refractivity contribution in [2.45, 2.75) is 92.9 Å². The normalized spacial score (nSPS) is 13.3. The van der Waals surface area contributed by atoms with Crippen LogP contribution in [0.1, 0.15) is 125 Å². The van der Waals surface area contributed by atoms with Gasteiger partial charge in [0.1, 0.15) is 23.0 Å². The zero-order valence-corrected chi connectivity index (χ0v) is 40.4. The third-order valence-corrected chi connectivity index (χ3v) is 12.9. The molecule has 0 saturated heterocycles. The van der Waals surface area contributed by atoms with E-state index in [-0.39, 0.29) is 32.8 Å². The molecule has 6 nitrogen and oxygen atoms in total. The van der Waals surface area contributed by atoms with Crippen LogP contribution in [0.2, 0.25) is 0 Å². The number of anilines is 1. The van der Waals surface area contributed by atoms with Crippen molar-refractivity contribution in [3.8, 4) is 34.8 Å². The molecular weight excluding hydrogens is 815 g/mol. The number of esters is 2. The second kappa shape index (κ2) is 15.9. The first-order chi connectivity index (χ1) is 31.1. The van der Waals surface area contributed by atoms with E-state index >= 15 is 0 Å². The molecule has 0 radical (unpaired) electrons. The number of fused-ring (bicyclic) bond motifs is 2. The Kier molecular flexibility index (Phi) is 10.7. The number of cyclic esters (lactones) is 2. The summed E-state index contributed by atoms with van der Waals surface area (Å²) < 4.78 is 19.3. The Labute approximate surface area is 389 Å². The fourth-order valence-electron chi connectivity index (χ4n) is 10.8. The highest BCUT2D eigenvalue weighted by Crippen LogP contribution is 2.52. The molecule has 0 saturated carbocycles. The molecule has 1 heterocycles. The molecule has 334 valence electrons. The molecule has 0 spiro atoms. The first kappa shape index (κ1) is 44.4. The van der Waals surface area contributed by atoms with E-state index in [9.17, 15) is 9.59 Å². The van der Waals surface area contributed by atoms with E-state index in [1.807, 2.05) is 56.6 Å². The summed E-state index contributed by atoms with van der Waals surface area (Å²) in [4.78, 5) is 29.7. The lowest BCUT2D eigenvalue weighted by Gasteiger charge is -2.33. The Hall–Kier alpha value is -6.84. The van der Waals surface area contributed by atoms with Crippen LogP contribution in [0.5, 0.6) is 23.0 Å². The lowest BCUT2D eigenvalue weighted by molar-refractivity contribution is 0.0390. The maximum Gasteiger partial charge on any atom is 0.346 e. The first-order valence-corrected chi connectivity index (χ1v) is 22.9. The van der Waals surface area contributed by atoms with Gasteiger partial charge in [-0.1, -0.05) is 130 Å². The molecule has 0 aliphatic carbocycles. The third kappa shape index (κ3) is 8.32. The fourth-order valence-corrected chi connectivity index (χ4v) is 10.8. The summed E-state index contributed by atoms with van der Waals surface area (Å²) in [7, 11) is 4.05. The second-order valence-electron chi connectivity index (χ2n) is 22.1. The Morgan fingerprint density at radius 3 is 1.44 bits per heavy atom. The molecule has 0 unspecified atom stereocenters. The molecule has 0 fully saturated rings. The average molecular weight is 874 g/mol. The van der Waals surface area contributed by atoms with Gasteiger partial charge in [0.15, 0.2) is 0 Å². The van der Waals surface area contributed by atoms with Gasteiger partial charge < -0.3 is 19.1 Å². The standard InChI is InChI=1S/C60H59NO5/c1-57(2,3)34-59(7,8)38-21-27-41(28-22-38)64-48-32-46-51-47(56(63)66-55(46)62)33-49(65-42-29-23-39(24-30-42)60(9,10)35-58(4,5)6)53-45-31-20-37(19-16-36-17-25-40(26-18-36)61(11)12)43-14-13-15-44(50(43)45)52(48)54(51)53/h13-15,17-18,20-33H,34-35H2,1-12H3. The fraction of sp³-hybridized carbons (Fsp3) is 0.300. The predicted octanol–water partition coefficient (Wildman–Crippen LogP) is 15.5. The van der Waals surface area contributed by atoms with E-state index in [4.69, 9.17) is 14.2 Å². The van der Waals surface area contributed by atoms with Gasteiger partial charge in [0.05, 0.1) is 11.1 Å². The number of hydrogen-bond acceptors (Lipinski definition) is 6. The second-order valence-corrected chi connectivity index (χ2v) is 22.1. The van der Waals surface area contributed by atoms with Crippen LogP contribution in [-0.2, 0) is 15.6 Å². The molecule has 0 aromatic heterocycles. The summed E-state index contributed by atoms with van der Waals surface area (Å²) in [6.45, 7) is 22.7. The van der Waals surface area contributed by atoms with Gasteiger partial charge >= 0.3 is 11.9 Å². The van der Waals surface area contributed by atoms with Gasteiger partial charge in [-0.15, -0.1) is 0 Å². The molecule has 8 aromatic carbocycles. The number of carbonyl (C=O) groups excluding carboxylic acids is 2. The summed E-state index contributed by atoms with van der Waals surface area (Å²) in [5.74, 6) is 7.64. The summed E-state index contributed by atoms with van der Waals surface area (Å²) >= 11 is 0. The van der Waals surface area contributed by atoms with Crippen molar-refractivity contribution in [3.05, 3.63) is 149 Å². The maximum absolute atomic E-state index is 13.8. The number of carbonyl (C=O) groups is 2. The lowest BCUT2D eigenvalue weighted by atomic mass is 9.72. The molecule has 0 N–H and O–H groups in total. The Bertz CT molecular complexity index is 3130. The predicted molar refractivity (Wildman–Crippen MR) is 271 cm³/mol. The van der Waals surface area contributed by atoms with Crippen LogP contribution in [-0.4, -0.2) is 26.0 Å². The van der Waals surface area contributed by atoms with Gasteiger partial charge in [0.25, 0.3) is 0 Å². The molecule has 9 rings (SSSR count). The van der Waals surface area contributed by atoms with E-state index < -0.39 is 11.9 Å². The topological polar surface area (TPSA) is 65.1 Å². The smallest absolute Gasteiger partial charge is 0.346 e. The van der Waals surface area contributed by atoms with Crippen LogP contribution in [0, 0.1) is 22.7 Å². The van der Waals surface area contributed by atoms with Crippen LogP contribution in [0.15, 0.2) is 115 Å². The highest BCUT2D eigenvalue weighted by molar-refractivity contribution is 6.39. The molecule has 6 heteroatoms. The molecule has 1 aliphatic heterocycles. The van der Waals surface area contributed by atoms with Crippen molar-refractivity contribution in [2.24, 2.45) is 10.8 Å². The van der Waals surface area contributed by atoms with Crippen LogP contribution in [0.4, 0.5) is 5.69 Å². The highest BCUT2D eigenvalue weighted by atomic mass is 16.6. The van der Waals surface area contributed by atoms with Crippen molar-refractivity contribution >= 4 is 60.7 Å². The number of hydrogen-bond donors (Lipinski definition) is 0. The summed E-state index contributed by atoms with van der Waals surface area (Å²) in [6, 6.07) is 38.6. The van der Waals surface area contributed by atoms with Crippen LogP contribution < -0.4 is 14.4 Å². The van der Waals surface area contributed by atoms with Crippen LogP contribution >= 0.6 is 0 Å². The van der Waals surface area contributed by atoms with E-state index in [1.165, 1.54) is 11.1 Å². The van der Waals surface area contributed by atoms with Gasteiger partial charge in [-0.25, -0.2) is 9.59 Å². The molecule has 0 bridgehead atoms. The summed E-state index contributed by atoms with van der Waals surface area (Å²) in [6.07, 6.45) is 2.01. The van der Waals surface area contributed by atoms with Gasteiger partial charge in [0.2, 0.25) is 0 Å². The van der Waals surface area contributed by atoms with Crippen LogP contribution in [0.3, 0.4) is 0 Å². The van der Waals surface area contributed by atoms with Crippen molar-refractivity contribution in [2.75, 3.05) is 19.0 Å². The molecule has 0 amide bonds. The van der Waals surface area contributed by atoms with E-state index in [1.54, 1.807) is 12.1 Å². The van der Waals surface area contributed by atoms with Crippen molar-refractivity contribution in [3.63, 3.8) is 0 Å². The van der Waals surface area contributed by atoms with Crippen molar-refractivity contribution in [1.29, 1.82) is 0 Å². The quantitative estimate of drug-likeness (QED) is 0.0473. The van der Waals surface area contributed by atoms with Gasteiger partial charge in [-0.05, 0) is 134 Å². The Morgan fingerprint density at radius 2 is 0.970 bits per heavy atom. The molecule has 0 atom stereocenters. The van der Waals surface area contributed by atoms with Gasteiger partial charge in [0, 0.05) is 52.5 Å². The highest BCUT2D eigenvalue weighted by Gasteiger charge is 2.35. The lowest BCUT2D eigenvalue weighted by Crippen LogP contribution is -2.24.